The van der Waals surface area contributed by atoms with Gasteiger partial charge in [0.25, 0.3) is 0 Å². The number of hydrogen-bond acceptors (Lipinski definition) is 4. The van der Waals surface area contributed by atoms with E-state index in [2.05, 4.69) is 0 Å². The highest BCUT2D eigenvalue weighted by atomic mass is 16.7. The second kappa shape index (κ2) is 5.93. The fourth-order valence-electron chi connectivity index (χ4n) is 2.23. The zero-order valence-electron chi connectivity index (χ0n) is 11.1. The molecule has 2 rings (SSSR count). The van der Waals surface area contributed by atoms with Crippen LogP contribution in [0.2, 0.25) is 0 Å². The Kier molecular flexibility index (Phi) is 4.27. The molecule has 2 N–H and O–H groups in total. The summed E-state index contributed by atoms with van der Waals surface area (Å²) in [4.78, 5) is 11.9. The van der Waals surface area contributed by atoms with E-state index in [1.807, 2.05) is 30.3 Å². The molecule has 0 aliphatic rings. The first-order valence-electron chi connectivity index (χ1n) is 6.03. The van der Waals surface area contributed by atoms with Crippen LogP contribution in [-0.4, -0.2) is 26.5 Å². The van der Waals surface area contributed by atoms with Crippen LogP contribution in [-0.2, 0) is 9.47 Å². The molecule has 0 saturated carbocycles. The van der Waals surface area contributed by atoms with Gasteiger partial charge in [-0.2, -0.15) is 0 Å². The van der Waals surface area contributed by atoms with E-state index in [4.69, 9.17) is 15.2 Å². The maximum absolute atomic E-state index is 11.9. The van der Waals surface area contributed by atoms with Gasteiger partial charge in [0.2, 0.25) is 0 Å². The Hall–Kier alpha value is -1.75. The van der Waals surface area contributed by atoms with Crippen molar-refractivity contribution in [1.29, 1.82) is 0 Å². The quantitative estimate of drug-likeness (QED) is 0.661. The fraction of sp³-hybridized carbons (Fsp3) is 0.267. The Balaban J connectivity index is 2.68. The molecule has 0 saturated heterocycles. The normalized spacial score (nSPS) is 11.2. The third-order valence-electron chi connectivity index (χ3n) is 3.13. The number of benzene rings is 2. The van der Waals surface area contributed by atoms with Gasteiger partial charge in [0.1, 0.15) is 0 Å². The van der Waals surface area contributed by atoms with Crippen molar-refractivity contribution in [1.82, 2.24) is 0 Å². The summed E-state index contributed by atoms with van der Waals surface area (Å²) in [6.45, 7) is 0.00131. The summed E-state index contributed by atoms with van der Waals surface area (Å²) >= 11 is 0. The minimum absolute atomic E-state index is 0.00131. The van der Waals surface area contributed by atoms with Crippen molar-refractivity contribution in [2.45, 2.75) is 6.29 Å². The monoisotopic (exact) mass is 259 g/mol. The van der Waals surface area contributed by atoms with Gasteiger partial charge in [-0.1, -0.05) is 36.4 Å². The summed E-state index contributed by atoms with van der Waals surface area (Å²) < 4.78 is 10.6. The van der Waals surface area contributed by atoms with Gasteiger partial charge >= 0.3 is 0 Å². The van der Waals surface area contributed by atoms with Gasteiger partial charge in [0.15, 0.2) is 12.1 Å². The Morgan fingerprint density at radius 1 is 1.11 bits per heavy atom. The first kappa shape index (κ1) is 13.7. The molecule has 0 aliphatic carbocycles. The lowest BCUT2D eigenvalue weighted by Crippen LogP contribution is -2.14. The highest BCUT2D eigenvalue weighted by Gasteiger charge is 2.16. The molecule has 0 heterocycles. The topological polar surface area (TPSA) is 61.5 Å². The minimum atomic E-state index is -0.452. The van der Waals surface area contributed by atoms with Crippen molar-refractivity contribution in [3.05, 3.63) is 47.5 Å². The number of carbonyl (C=O) groups excluding carboxylic acids is 1. The smallest absolute Gasteiger partial charge is 0.183 e. The van der Waals surface area contributed by atoms with Crippen LogP contribution >= 0.6 is 0 Å². The summed E-state index contributed by atoms with van der Waals surface area (Å²) in [5.41, 5.74) is 6.98. The molecular weight excluding hydrogens is 242 g/mol. The summed E-state index contributed by atoms with van der Waals surface area (Å²) in [7, 11) is 3.17. The van der Waals surface area contributed by atoms with E-state index in [1.165, 1.54) is 0 Å². The molecule has 0 spiro atoms. The molecular formula is C15H17NO3. The van der Waals surface area contributed by atoms with Crippen LogP contribution in [0.5, 0.6) is 0 Å². The predicted octanol–water partition coefficient (Wildman–Crippen LogP) is 2.27. The zero-order valence-corrected chi connectivity index (χ0v) is 11.1. The van der Waals surface area contributed by atoms with Crippen LogP contribution in [0.1, 0.15) is 22.2 Å². The number of Topliss-reactive ketones (excluding diaryl/α,β-unsaturated/α-hetero) is 1. The first-order chi connectivity index (χ1) is 9.22. The SMILES string of the molecule is COC(OC)c1ccc(C(=O)CN)c2ccccc12. The molecule has 0 aromatic heterocycles. The van der Waals surface area contributed by atoms with E-state index in [9.17, 15) is 4.79 Å². The fourth-order valence-corrected chi connectivity index (χ4v) is 2.23. The Bertz CT molecular complexity index is 591. The minimum Gasteiger partial charge on any atom is -0.352 e. The summed E-state index contributed by atoms with van der Waals surface area (Å²) in [5.74, 6) is -0.0749. The maximum Gasteiger partial charge on any atom is 0.183 e. The number of carbonyl (C=O) groups is 1. The van der Waals surface area contributed by atoms with Crippen LogP contribution in [0.25, 0.3) is 10.8 Å². The molecule has 2 aromatic rings. The highest BCUT2D eigenvalue weighted by molar-refractivity contribution is 6.09. The lowest BCUT2D eigenvalue weighted by Gasteiger charge is -2.17. The lowest BCUT2D eigenvalue weighted by molar-refractivity contribution is -0.105. The number of ether oxygens (including phenoxy) is 2. The second-order valence-electron chi connectivity index (χ2n) is 4.18. The van der Waals surface area contributed by atoms with Crippen molar-refractivity contribution in [3.8, 4) is 0 Å². The van der Waals surface area contributed by atoms with Gasteiger partial charge in [0, 0.05) is 25.3 Å². The van der Waals surface area contributed by atoms with E-state index in [1.54, 1.807) is 20.3 Å². The molecule has 2 aromatic carbocycles. The molecule has 100 valence electrons. The van der Waals surface area contributed by atoms with Crippen molar-refractivity contribution in [2.75, 3.05) is 20.8 Å². The number of hydrogen-bond donors (Lipinski definition) is 1. The Labute approximate surface area is 112 Å². The molecule has 4 heteroatoms. The number of rotatable bonds is 5. The van der Waals surface area contributed by atoms with Crippen LogP contribution in [0.15, 0.2) is 36.4 Å². The largest absolute Gasteiger partial charge is 0.352 e. The molecule has 0 unspecified atom stereocenters. The maximum atomic E-state index is 11.9. The summed E-state index contributed by atoms with van der Waals surface area (Å²) in [6, 6.07) is 11.3. The average molecular weight is 259 g/mol. The standard InChI is InChI=1S/C15H17NO3/c1-18-15(19-2)13-8-7-12(14(17)9-16)10-5-3-4-6-11(10)13/h3-8,15H,9,16H2,1-2H3. The Morgan fingerprint density at radius 2 is 1.74 bits per heavy atom. The van der Waals surface area contributed by atoms with Gasteiger partial charge < -0.3 is 15.2 Å². The molecule has 0 radical (unpaired) electrons. The average Bonchev–Trinajstić information content (AvgIpc) is 2.47. The molecule has 0 bridgehead atoms. The number of ketones is 1. The number of methoxy groups -OCH3 is 2. The van der Waals surface area contributed by atoms with Crippen molar-refractivity contribution < 1.29 is 14.3 Å². The van der Waals surface area contributed by atoms with Gasteiger partial charge in [0.05, 0.1) is 6.54 Å². The van der Waals surface area contributed by atoms with E-state index in [0.29, 0.717) is 5.56 Å². The Morgan fingerprint density at radius 3 is 2.32 bits per heavy atom. The van der Waals surface area contributed by atoms with Crippen molar-refractivity contribution >= 4 is 16.6 Å². The molecule has 0 amide bonds. The number of fused-ring (bicyclic) bond motifs is 1. The van der Waals surface area contributed by atoms with Crippen molar-refractivity contribution in [2.24, 2.45) is 5.73 Å². The van der Waals surface area contributed by atoms with E-state index < -0.39 is 6.29 Å². The summed E-state index contributed by atoms with van der Waals surface area (Å²) in [6.07, 6.45) is -0.452. The van der Waals surface area contributed by atoms with Gasteiger partial charge in [-0.15, -0.1) is 0 Å². The third kappa shape index (κ3) is 2.51. The molecule has 4 nitrogen and oxygen atoms in total. The summed E-state index contributed by atoms with van der Waals surface area (Å²) in [5, 5.41) is 1.81. The van der Waals surface area contributed by atoms with Crippen LogP contribution in [0, 0.1) is 0 Å². The van der Waals surface area contributed by atoms with Gasteiger partial charge in [-0.3, -0.25) is 4.79 Å². The highest BCUT2D eigenvalue weighted by Crippen LogP contribution is 2.29. The van der Waals surface area contributed by atoms with Gasteiger partial charge in [-0.05, 0) is 10.8 Å². The molecule has 0 fully saturated rings. The van der Waals surface area contributed by atoms with Crippen LogP contribution in [0.3, 0.4) is 0 Å². The molecule has 19 heavy (non-hydrogen) atoms. The molecule has 0 atom stereocenters. The predicted molar refractivity (Wildman–Crippen MR) is 74.1 cm³/mol. The zero-order chi connectivity index (χ0) is 13.8. The van der Waals surface area contributed by atoms with Crippen LogP contribution < -0.4 is 5.73 Å². The van der Waals surface area contributed by atoms with E-state index >= 15 is 0 Å². The van der Waals surface area contributed by atoms with Crippen molar-refractivity contribution in [3.63, 3.8) is 0 Å². The lowest BCUT2D eigenvalue weighted by atomic mass is 9.97. The number of nitrogens with two attached hydrogens (primary N) is 1. The van der Waals surface area contributed by atoms with E-state index in [-0.39, 0.29) is 12.3 Å². The molecule has 0 aliphatic heterocycles. The van der Waals surface area contributed by atoms with Gasteiger partial charge in [-0.25, -0.2) is 0 Å². The second-order valence-corrected chi connectivity index (χ2v) is 4.18. The third-order valence-corrected chi connectivity index (χ3v) is 3.13. The van der Waals surface area contributed by atoms with Crippen LogP contribution in [0.4, 0.5) is 0 Å². The van der Waals surface area contributed by atoms with E-state index in [0.717, 1.165) is 16.3 Å². The first-order valence-corrected chi connectivity index (χ1v) is 6.03.